The van der Waals surface area contributed by atoms with E-state index in [0.717, 1.165) is 43.3 Å². The van der Waals surface area contributed by atoms with Crippen LogP contribution in [0.25, 0.3) is 0 Å². The van der Waals surface area contributed by atoms with Gasteiger partial charge in [-0.2, -0.15) is 0 Å². The number of amides is 2. The molecule has 0 aromatic carbocycles. The molecule has 0 radical (unpaired) electrons. The van der Waals surface area contributed by atoms with Crippen molar-refractivity contribution < 1.29 is 29.4 Å². The zero-order valence-electron chi connectivity index (χ0n) is 20.0. The Morgan fingerprint density at radius 1 is 1.21 bits per heavy atom. The molecular weight excluding hydrogens is 424 g/mol. The highest BCUT2D eigenvalue weighted by Crippen LogP contribution is 2.62. The SMILES string of the molecule is C=C1CC[C@@H]2C(C)(C(=O)O)CCC[C@@]2(C)[C@@H]1CC/C(C)=C/C(=O)N[C@@H](CCC(N)=O)C(=O)O. The summed E-state index contributed by atoms with van der Waals surface area (Å²) in [6.07, 6.45) is 6.79. The quantitative estimate of drug-likeness (QED) is 0.289. The summed E-state index contributed by atoms with van der Waals surface area (Å²) in [5.41, 5.74) is 6.15. The Hall–Kier alpha value is -2.64. The number of hydrogen-bond donors (Lipinski definition) is 4. The fourth-order valence-electron chi connectivity index (χ4n) is 6.16. The van der Waals surface area contributed by atoms with Crippen LogP contribution in [0.2, 0.25) is 0 Å². The number of aliphatic carboxylic acids is 2. The van der Waals surface area contributed by atoms with Crippen molar-refractivity contribution in [1.82, 2.24) is 5.32 Å². The first-order chi connectivity index (χ1) is 15.3. The molecule has 0 spiro atoms. The van der Waals surface area contributed by atoms with E-state index in [1.807, 2.05) is 13.8 Å². The molecule has 2 aliphatic rings. The zero-order valence-corrected chi connectivity index (χ0v) is 20.0. The number of nitrogens with one attached hydrogen (secondary N) is 1. The zero-order chi connectivity index (χ0) is 25.0. The molecule has 33 heavy (non-hydrogen) atoms. The molecule has 0 bridgehead atoms. The van der Waals surface area contributed by atoms with Gasteiger partial charge in [-0.05, 0) is 76.0 Å². The predicted molar refractivity (Wildman–Crippen MR) is 124 cm³/mol. The maximum absolute atomic E-state index is 12.3. The van der Waals surface area contributed by atoms with Gasteiger partial charge in [-0.1, -0.05) is 31.1 Å². The van der Waals surface area contributed by atoms with Crippen LogP contribution in [0.3, 0.4) is 0 Å². The van der Waals surface area contributed by atoms with Crippen LogP contribution in [0.15, 0.2) is 23.8 Å². The molecule has 2 amide bonds. The van der Waals surface area contributed by atoms with E-state index in [-0.39, 0.29) is 30.1 Å². The van der Waals surface area contributed by atoms with E-state index in [1.54, 1.807) is 0 Å². The van der Waals surface area contributed by atoms with E-state index in [0.29, 0.717) is 12.8 Å². The van der Waals surface area contributed by atoms with E-state index in [2.05, 4.69) is 18.8 Å². The van der Waals surface area contributed by atoms with E-state index in [1.165, 1.54) is 6.08 Å². The van der Waals surface area contributed by atoms with Gasteiger partial charge in [0.15, 0.2) is 0 Å². The monoisotopic (exact) mass is 462 g/mol. The number of carboxylic acids is 2. The molecule has 5 atom stereocenters. The topological polar surface area (TPSA) is 147 Å². The number of hydrogen-bond acceptors (Lipinski definition) is 4. The van der Waals surface area contributed by atoms with Gasteiger partial charge in [-0.3, -0.25) is 14.4 Å². The molecule has 2 fully saturated rings. The van der Waals surface area contributed by atoms with Gasteiger partial charge in [0.1, 0.15) is 6.04 Å². The Labute approximate surface area is 195 Å². The highest BCUT2D eigenvalue weighted by atomic mass is 16.4. The summed E-state index contributed by atoms with van der Waals surface area (Å²) >= 11 is 0. The number of rotatable bonds is 10. The van der Waals surface area contributed by atoms with Crippen molar-refractivity contribution in [2.45, 2.75) is 84.6 Å². The van der Waals surface area contributed by atoms with Crippen molar-refractivity contribution in [3.8, 4) is 0 Å². The Morgan fingerprint density at radius 3 is 2.45 bits per heavy atom. The number of primary amides is 1. The number of carbonyl (C=O) groups is 4. The van der Waals surface area contributed by atoms with E-state index < -0.39 is 35.2 Å². The first-order valence-corrected chi connectivity index (χ1v) is 11.7. The molecule has 2 aliphatic carbocycles. The lowest BCUT2D eigenvalue weighted by Crippen LogP contribution is -2.53. The second kappa shape index (κ2) is 10.5. The van der Waals surface area contributed by atoms with E-state index in [9.17, 15) is 29.4 Å². The van der Waals surface area contributed by atoms with Gasteiger partial charge in [0, 0.05) is 12.5 Å². The first-order valence-electron chi connectivity index (χ1n) is 11.7. The second-order valence-electron chi connectivity index (χ2n) is 10.3. The molecule has 0 heterocycles. The molecule has 0 aromatic rings. The summed E-state index contributed by atoms with van der Waals surface area (Å²) in [7, 11) is 0. The third kappa shape index (κ3) is 6.03. The van der Waals surface area contributed by atoms with Crippen molar-refractivity contribution in [3.05, 3.63) is 23.8 Å². The van der Waals surface area contributed by atoms with Gasteiger partial charge in [0.2, 0.25) is 11.8 Å². The van der Waals surface area contributed by atoms with Crippen LogP contribution in [0, 0.1) is 22.7 Å². The second-order valence-corrected chi connectivity index (χ2v) is 10.3. The van der Waals surface area contributed by atoms with E-state index >= 15 is 0 Å². The summed E-state index contributed by atoms with van der Waals surface area (Å²) in [5, 5.41) is 21.6. The van der Waals surface area contributed by atoms with Crippen LogP contribution in [0.4, 0.5) is 0 Å². The van der Waals surface area contributed by atoms with Crippen LogP contribution in [0.5, 0.6) is 0 Å². The predicted octanol–water partition coefficient (Wildman–Crippen LogP) is 3.41. The summed E-state index contributed by atoms with van der Waals surface area (Å²) in [5.74, 6) is -2.82. The molecule has 2 rings (SSSR count). The molecule has 0 aliphatic heterocycles. The molecule has 1 unspecified atom stereocenters. The average molecular weight is 463 g/mol. The lowest BCUT2D eigenvalue weighted by atomic mass is 9.46. The van der Waals surface area contributed by atoms with Gasteiger partial charge < -0.3 is 21.3 Å². The smallest absolute Gasteiger partial charge is 0.326 e. The Balaban J connectivity index is 2.07. The van der Waals surface area contributed by atoms with Crippen molar-refractivity contribution in [1.29, 1.82) is 0 Å². The molecule has 8 nitrogen and oxygen atoms in total. The fourth-order valence-corrected chi connectivity index (χ4v) is 6.16. The minimum absolute atomic E-state index is 0.0622. The standard InChI is InChI=1S/C25H38N2O6/c1-15(14-21(29)27-18(22(30)31)9-11-20(26)28)6-8-17-16(2)7-10-19-24(17,3)12-5-13-25(19,4)23(32)33/h14,17-19H,2,5-13H2,1,3-4H3,(H2,26,28)(H,27,29)(H,30,31)(H,32,33)/b15-14+/t17-,18+,19+,24+,25?/m1/s1. The highest BCUT2D eigenvalue weighted by molar-refractivity contribution is 5.91. The highest BCUT2D eigenvalue weighted by Gasteiger charge is 2.57. The molecule has 2 saturated carbocycles. The van der Waals surface area contributed by atoms with Crippen molar-refractivity contribution in [2.24, 2.45) is 28.4 Å². The largest absolute Gasteiger partial charge is 0.481 e. The Bertz CT molecular complexity index is 850. The number of nitrogens with two attached hydrogens (primary N) is 1. The van der Waals surface area contributed by atoms with Gasteiger partial charge in [0.05, 0.1) is 5.41 Å². The normalized spacial score (nSPS) is 30.8. The van der Waals surface area contributed by atoms with Gasteiger partial charge >= 0.3 is 11.9 Å². The third-order valence-corrected chi connectivity index (χ3v) is 8.01. The summed E-state index contributed by atoms with van der Waals surface area (Å²) in [4.78, 5) is 46.7. The van der Waals surface area contributed by atoms with Crippen LogP contribution < -0.4 is 11.1 Å². The van der Waals surface area contributed by atoms with Gasteiger partial charge in [0.25, 0.3) is 0 Å². The minimum Gasteiger partial charge on any atom is -0.481 e. The molecule has 0 saturated heterocycles. The molecule has 0 aromatic heterocycles. The summed E-state index contributed by atoms with van der Waals surface area (Å²) < 4.78 is 0. The lowest BCUT2D eigenvalue weighted by molar-refractivity contribution is -0.164. The molecular formula is C25H38N2O6. The van der Waals surface area contributed by atoms with Gasteiger partial charge in [-0.25, -0.2) is 4.79 Å². The Morgan fingerprint density at radius 2 is 1.88 bits per heavy atom. The number of allylic oxidation sites excluding steroid dienone is 2. The lowest BCUT2D eigenvalue weighted by Gasteiger charge is -2.57. The van der Waals surface area contributed by atoms with Crippen LogP contribution >= 0.6 is 0 Å². The first kappa shape index (κ1) is 26.6. The molecule has 8 heteroatoms. The van der Waals surface area contributed by atoms with Crippen LogP contribution in [-0.4, -0.2) is 40.0 Å². The number of carboxylic acid groups (broad SMARTS) is 2. The maximum Gasteiger partial charge on any atom is 0.326 e. The average Bonchev–Trinajstić information content (AvgIpc) is 2.69. The summed E-state index contributed by atoms with van der Waals surface area (Å²) in [6.45, 7) is 10.2. The number of fused-ring (bicyclic) bond motifs is 1. The maximum atomic E-state index is 12.3. The number of carbonyl (C=O) groups excluding carboxylic acids is 2. The van der Waals surface area contributed by atoms with Gasteiger partial charge in [-0.15, -0.1) is 0 Å². The third-order valence-electron chi connectivity index (χ3n) is 8.01. The van der Waals surface area contributed by atoms with Crippen LogP contribution in [-0.2, 0) is 19.2 Å². The minimum atomic E-state index is -1.22. The van der Waals surface area contributed by atoms with Crippen LogP contribution in [0.1, 0.15) is 78.6 Å². The Kier molecular flexibility index (Phi) is 8.49. The van der Waals surface area contributed by atoms with Crippen molar-refractivity contribution in [2.75, 3.05) is 0 Å². The molecule has 184 valence electrons. The fraction of sp³-hybridized carbons (Fsp3) is 0.680. The van der Waals surface area contributed by atoms with E-state index in [4.69, 9.17) is 5.73 Å². The van der Waals surface area contributed by atoms with Crippen molar-refractivity contribution >= 4 is 23.8 Å². The van der Waals surface area contributed by atoms with Crippen molar-refractivity contribution in [3.63, 3.8) is 0 Å². The summed E-state index contributed by atoms with van der Waals surface area (Å²) in [6, 6.07) is -1.18. The molecule has 5 N–H and O–H groups in total.